The maximum Gasteiger partial charge on any atom is 0.132 e. The highest BCUT2D eigenvalue weighted by molar-refractivity contribution is 7.99. The van der Waals surface area contributed by atoms with Crippen molar-refractivity contribution in [3.05, 3.63) is 47.8 Å². The van der Waals surface area contributed by atoms with Crippen LogP contribution in [0.15, 0.2) is 36.5 Å². The van der Waals surface area contributed by atoms with Gasteiger partial charge in [-0.25, -0.2) is 0 Å². The number of aromatic nitrogens is 3. The Morgan fingerprint density at radius 1 is 1.16 bits per heavy atom. The smallest absolute Gasteiger partial charge is 0.132 e. The highest BCUT2D eigenvalue weighted by atomic mass is 32.2. The second-order valence-corrected chi connectivity index (χ2v) is 8.63. The van der Waals surface area contributed by atoms with Gasteiger partial charge in [0, 0.05) is 12.6 Å². The fraction of sp³-hybridized carbons (Fsp3) is 0.600. The summed E-state index contributed by atoms with van der Waals surface area (Å²) in [6, 6.07) is 9.64. The number of nitrogens with zero attached hydrogens (tertiary/aromatic N) is 3. The summed E-state index contributed by atoms with van der Waals surface area (Å²) in [5.41, 5.74) is 7.23. The van der Waals surface area contributed by atoms with E-state index in [1.165, 1.54) is 11.8 Å². The highest BCUT2D eigenvalue weighted by Crippen LogP contribution is 2.28. The number of nitrogens with two attached hydrogens (primary N) is 1. The van der Waals surface area contributed by atoms with Crippen molar-refractivity contribution < 1.29 is 29.9 Å². The van der Waals surface area contributed by atoms with E-state index < -0.39 is 36.5 Å². The molecule has 1 aromatic carbocycles. The molecule has 2 heterocycles. The molecule has 31 heavy (non-hydrogen) atoms. The molecule has 1 aromatic heterocycles. The zero-order chi connectivity index (χ0) is 22.2. The number of ether oxygens (including phenoxy) is 2. The van der Waals surface area contributed by atoms with Crippen LogP contribution in [0.4, 0.5) is 0 Å². The molecule has 0 bridgehead atoms. The van der Waals surface area contributed by atoms with Gasteiger partial charge in [0.1, 0.15) is 35.5 Å². The summed E-state index contributed by atoms with van der Waals surface area (Å²) < 4.78 is 12.8. The molecule has 1 fully saturated rings. The van der Waals surface area contributed by atoms with E-state index in [1.54, 1.807) is 4.68 Å². The third kappa shape index (κ3) is 6.70. The molecule has 2 aromatic rings. The van der Waals surface area contributed by atoms with Gasteiger partial charge in [0.05, 0.1) is 26.0 Å². The van der Waals surface area contributed by atoms with Gasteiger partial charge in [-0.15, -0.1) is 16.9 Å². The molecule has 0 aliphatic carbocycles. The Balaban J connectivity index is 1.33. The van der Waals surface area contributed by atoms with Crippen molar-refractivity contribution in [3.8, 4) is 0 Å². The molecular weight excluding hydrogens is 424 g/mol. The van der Waals surface area contributed by atoms with Crippen LogP contribution in [0.5, 0.6) is 0 Å². The van der Waals surface area contributed by atoms with Gasteiger partial charge in [-0.3, -0.25) is 4.68 Å². The Morgan fingerprint density at radius 3 is 2.68 bits per heavy atom. The number of benzene rings is 1. The molecule has 10 nitrogen and oxygen atoms in total. The van der Waals surface area contributed by atoms with Crippen LogP contribution in [0.3, 0.4) is 0 Å². The van der Waals surface area contributed by atoms with Crippen LogP contribution < -0.4 is 5.73 Å². The summed E-state index contributed by atoms with van der Waals surface area (Å²) in [5.74, 6) is 0.612. The van der Waals surface area contributed by atoms with Gasteiger partial charge in [-0.2, -0.15) is 0 Å². The van der Waals surface area contributed by atoms with E-state index in [0.29, 0.717) is 37.6 Å². The summed E-state index contributed by atoms with van der Waals surface area (Å²) in [6.07, 6.45) is -2.29. The Hall–Kier alpha value is -1.57. The molecule has 0 radical (unpaired) electrons. The SMILES string of the molecule is NC(Cn1cc(COCCCSC2OC(CO)C(O)C(O)C2O)nn1)c1ccccc1. The van der Waals surface area contributed by atoms with Crippen molar-refractivity contribution in [2.24, 2.45) is 5.73 Å². The average Bonchev–Trinajstić information content (AvgIpc) is 3.23. The van der Waals surface area contributed by atoms with E-state index in [2.05, 4.69) is 10.3 Å². The van der Waals surface area contributed by atoms with Gasteiger partial charge in [-0.1, -0.05) is 35.5 Å². The van der Waals surface area contributed by atoms with Crippen LogP contribution in [0.2, 0.25) is 0 Å². The van der Waals surface area contributed by atoms with Crippen LogP contribution in [0.25, 0.3) is 0 Å². The normalized spacial score (nSPS) is 27.3. The third-order valence-electron chi connectivity index (χ3n) is 5.01. The molecule has 172 valence electrons. The Morgan fingerprint density at radius 2 is 1.94 bits per heavy atom. The number of hydrogen-bond donors (Lipinski definition) is 5. The van der Waals surface area contributed by atoms with Crippen molar-refractivity contribution in [3.63, 3.8) is 0 Å². The standard InChI is InChI=1S/C20H30N4O6S/c21-15(13-5-2-1-3-6-13)10-24-9-14(22-23-24)12-29-7-4-8-31-20-19(28)18(27)17(26)16(11-25)30-20/h1-3,5-6,9,15-20,25-28H,4,7-8,10-12,21H2. The molecule has 0 amide bonds. The summed E-state index contributed by atoms with van der Waals surface area (Å²) in [5, 5.41) is 47.0. The number of aliphatic hydroxyl groups is 4. The summed E-state index contributed by atoms with van der Waals surface area (Å²) in [6.45, 7) is 0.890. The van der Waals surface area contributed by atoms with Crippen LogP contribution in [-0.4, -0.2) is 84.2 Å². The first kappa shape index (κ1) is 24.1. The van der Waals surface area contributed by atoms with E-state index in [-0.39, 0.29) is 6.04 Å². The van der Waals surface area contributed by atoms with E-state index in [4.69, 9.17) is 15.2 Å². The van der Waals surface area contributed by atoms with Crippen molar-refractivity contribution >= 4 is 11.8 Å². The predicted molar refractivity (Wildman–Crippen MR) is 114 cm³/mol. The van der Waals surface area contributed by atoms with Gasteiger partial charge in [-0.05, 0) is 17.7 Å². The molecule has 6 N–H and O–H groups in total. The number of thioether (sulfide) groups is 1. The lowest BCUT2D eigenvalue weighted by atomic mass is 10.0. The first-order valence-electron chi connectivity index (χ1n) is 10.2. The lowest BCUT2D eigenvalue weighted by Crippen LogP contribution is -2.57. The minimum absolute atomic E-state index is 0.170. The molecule has 6 atom stereocenters. The summed E-state index contributed by atoms with van der Waals surface area (Å²) >= 11 is 1.31. The fourth-order valence-corrected chi connectivity index (χ4v) is 4.34. The van der Waals surface area contributed by atoms with Gasteiger partial charge >= 0.3 is 0 Å². The molecule has 1 aliphatic rings. The van der Waals surface area contributed by atoms with Gasteiger partial charge in [0.15, 0.2) is 0 Å². The molecule has 0 saturated carbocycles. The topological polar surface area (TPSA) is 156 Å². The van der Waals surface area contributed by atoms with Crippen LogP contribution in [0, 0.1) is 0 Å². The van der Waals surface area contributed by atoms with Crippen LogP contribution >= 0.6 is 11.8 Å². The van der Waals surface area contributed by atoms with Crippen molar-refractivity contribution in [2.75, 3.05) is 19.0 Å². The van der Waals surface area contributed by atoms with Gasteiger partial charge in [0.2, 0.25) is 0 Å². The lowest BCUT2D eigenvalue weighted by Gasteiger charge is -2.39. The van der Waals surface area contributed by atoms with Gasteiger partial charge in [0.25, 0.3) is 0 Å². The largest absolute Gasteiger partial charge is 0.394 e. The fourth-order valence-electron chi connectivity index (χ4n) is 3.24. The maximum atomic E-state index is 10.0. The van der Waals surface area contributed by atoms with E-state index in [1.807, 2.05) is 36.5 Å². The van der Waals surface area contributed by atoms with Crippen molar-refractivity contribution in [1.29, 1.82) is 0 Å². The molecule has 3 rings (SSSR count). The second-order valence-electron chi connectivity index (χ2n) is 7.42. The van der Waals surface area contributed by atoms with Crippen molar-refractivity contribution in [2.45, 2.75) is 55.5 Å². The minimum Gasteiger partial charge on any atom is -0.394 e. The molecule has 0 spiro atoms. The van der Waals surface area contributed by atoms with E-state index >= 15 is 0 Å². The number of rotatable bonds is 11. The first-order chi connectivity index (χ1) is 15.0. The lowest BCUT2D eigenvalue weighted by molar-refractivity contribution is -0.205. The van der Waals surface area contributed by atoms with E-state index in [9.17, 15) is 20.4 Å². The second kappa shape index (κ2) is 11.9. The monoisotopic (exact) mass is 454 g/mol. The average molecular weight is 455 g/mol. The Labute approximate surface area is 185 Å². The maximum absolute atomic E-state index is 10.0. The Bertz CT molecular complexity index is 780. The quantitative estimate of drug-likeness (QED) is 0.278. The minimum atomic E-state index is -1.35. The number of hydrogen-bond acceptors (Lipinski definition) is 10. The summed E-state index contributed by atoms with van der Waals surface area (Å²) in [4.78, 5) is 0. The first-order valence-corrected chi connectivity index (χ1v) is 11.2. The Kier molecular flexibility index (Phi) is 9.23. The zero-order valence-electron chi connectivity index (χ0n) is 17.1. The molecule has 1 aliphatic heterocycles. The zero-order valence-corrected chi connectivity index (χ0v) is 17.9. The molecule has 6 unspecified atom stereocenters. The molecule has 1 saturated heterocycles. The van der Waals surface area contributed by atoms with Crippen LogP contribution in [0.1, 0.15) is 23.7 Å². The van der Waals surface area contributed by atoms with E-state index in [0.717, 1.165) is 5.56 Å². The predicted octanol–water partition coefficient (Wildman–Crippen LogP) is -0.582. The van der Waals surface area contributed by atoms with Gasteiger partial charge < -0.3 is 35.6 Å². The van der Waals surface area contributed by atoms with Crippen LogP contribution in [-0.2, 0) is 22.6 Å². The molecular formula is C20H30N4O6S. The number of aliphatic hydroxyl groups excluding tert-OH is 4. The highest BCUT2D eigenvalue weighted by Gasteiger charge is 2.43. The third-order valence-corrected chi connectivity index (χ3v) is 6.25. The van der Waals surface area contributed by atoms with Crippen molar-refractivity contribution in [1.82, 2.24) is 15.0 Å². The molecule has 11 heteroatoms. The summed E-state index contributed by atoms with van der Waals surface area (Å²) in [7, 11) is 0.